The molecule has 5 nitrogen and oxygen atoms in total. The Kier molecular flexibility index (Phi) is 3.18. The third kappa shape index (κ3) is 2.69. The Balaban J connectivity index is 2.09. The van der Waals surface area contributed by atoms with Crippen LogP contribution >= 0.6 is 0 Å². The van der Waals surface area contributed by atoms with Crippen molar-refractivity contribution >= 4 is 5.97 Å². The van der Waals surface area contributed by atoms with Crippen molar-refractivity contribution in [3.8, 4) is 0 Å². The number of hydrogen-bond donors (Lipinski definition) is 1. The third-order valence-electron chi connectivity index (χ3n) is 2.55. The molecule has 1 aromatic carbocycles. The predicted molar refractivity (Wildman–Crippen MR) is 61.8 cm³/mol. The van der Waals surface area contributed by atoms with Crippen molar-refractivity contribution in [1.82, 2.24) is 15.0 Å². The molecule has 0 bridgehead atoms. The second-order valence-corrected chi connectivity index (χ2v) is 3.93. The fraction of sp³-hybridized carbons (Fsp3) is 0.250. The van der Waals surface area contributed by atoms with Gasteiger partial charge in [-0.25, -0.2) is 9.48 Å². The first-order valence-corrected chi connectivity index (χ1v) is 5.36. The first kappa shape index (κ1) is 11.3. The fourth-order valence-electron chi connectivity index (χ4n) is 1.64. The Hall–Kier alpha value is -2.17. The van der Waals surface area contributed by atoms with Crippen LogP contribution in [0.4, 0.5) is 0 Å². The summed E-state index contributed by atoms with van der Waals surface area (Å²) in [7, 11) is 0. The minimum Gasteiger partial charge on any atom is -0.476 e. The lowest BCUT2D eigenvalue weighted by atomic mass is 10.1. The maximum Gasteiger partial charge on any atom is 0.358 e. The molecule has 0 spiro atoms. The molecular weight excluding hydrogens is 218 g/mol. The molecule has 1 aromatic heterocycles. The summed E-state index contributed by atoms with van der Waals surface area (Å²) in [6.07, 6.45) is 2.25. The summed E-state index contributed by atoms with van der Waals surface area (Å²) in [6.45, 7) is 1.98. The van der Waals surface area contributed by atoms with E-state index in [0.717, 1.165) is 6.42 Å². The Morgan fingerprint density at radius 3 is 2.71 bits per heavy atom. The molecule has 1 heterocycles. The van der Waals surface area contributed by atoms with Crippen LogP contribution in [-0.4, -0.2) is 26.1 Å². The lowest BCUT2D eigenvalue weighted by Gasteiger charge is -2.10. The largest absolute Gasteiger partial charge is 0.476 e. The van der Waals surface area contributed by atoms with Gasteiger partial charge in [-0.1, -0.05) is 35.5 Å². The average Bonchev–Trinajstić information content (AvgIpc) is 2.79. The first-order valence-electron chi connectivity index (χ1n) is 5.36. The summed E-state index contributed by atoms with van der Waals surface area (Å²) in [5.74, 6) is -1.05. The van der Waals surface area contributed by atoms with Gasteiger partial charge in [0.05, 0.1) is 12.2 Å². The molecule has 0 aliphatic heterocycles. The van der Waals surface area contributed by atoms with E-state index in [2.05, 4.69) is 10.3 Å². The number of carboxylic acid groups (broad SMARTS) is 1. The molecule has 88 valence electrons. The van der Waals surface area contributed by atoms with Crippen LogP contribution in [0, 0.1) is 0 Å². The molecule has 0 saturated carbocycles. The second kappa shape index (κ2) is 4.78. The zero-order chi connectivity index (χ0) is 12.3. The molecule has 5 heteroatoms. The predicted octanol–water partition coefficient (Wildman–Crippen LogP) is 1.78. The van der Waals surface area contributed by atoms with Gasteiger partial charge in [-0.05, 0) is 18.9 Å². The van der Waals surface area contributed by atoms with E-state index >= 15 is 0 Å². The topological polar surface area (TPSA) is 68.0 Å². The highest BCUT2D eigenvalue weighted by atomic mass is 16.4. The van der Waals surface area contributed by atoms with E-state index in [1.807, 2.05) is 37.3 Å². The van der Waals surface area contributed by atoms with Gasteiger partial charge in [-0.3, -0.25) is 0 Å². The zero-order valence-corrected chi connectivity index (χ0v) is 9.45. The van der Waals surface area contributed by atoms with E-state index in [4.69, 9.17) is 5.11 Å². The molecule has 2 aromatic rings. The highest BCUT2D eigenvalue weighted by molar-refractivity contribution is 5.84. The van der Waals surface area contributed by atoms with Gasteiger partial charge in [-0.2, -0.15) is 0 Å². The minimum atomic E-state index is -1.05. The maximum atomic E-state index is 10.7. The van der Waals surface area contributed by atoms with E-state index < -0.39 is 5.97 Å². The van der Waals surface area contributed by atoms with Gasteiger partial charge in [0.1, 0.15) is 0 Å². The van der Waals surface area contributed by atoms with Gasteiger partial charge in [0.15, 0.2) is 5.69 Å². The molecule has 1 N–H and O–H groups in total. The van der Waals surface area contributed by atoms with Crippen LogP contribution in [0.2, 0.25) is 0 Å². The van der Waals surface area contributed by atoms with Gasteiger partial charge in [0, 0.05) is 0 Å². The summed E-state index contributed by atoms with van der Waals surface area (Å²) in [6, 6.07) is 10.1. The lowest BCUT2D eigenvalue weighted by Crippen LogP contribution is -2.09. The first-order chi connectivity index (χ1) is 8.16. The lowest BCUT2D eigenvalue weighted by molar-refractivity contribution is 0.0690. The number of hydrogen-bond acceptors (Lipinski definition) is 3. The quantitative estimate of drug-likeness (QED) is 0.870. The van der Waals surface area contributed by atoms with Crippen LogP contribution in [0.15, 0.2) is 36.5 Å². The third-order valence-corrected chi connectivity index (χ3v) is 2.55. The average molecular weight is 231 g/mol. The van der Waals surface area contributed by atoms with Crippen molar-refractivity contribution < 1.29 is 9.90 Å². The monoisotopic (exact) mass is 231 g/mol. The summed E-state index contributed by atoms with van der Waals surface area (Å²) >= 11 is 0. The van der Waals surface area contributed by atoms with Crippen molar-refractivity contribution in [2.24, 2.45) is 0 Å². The molecule has 0 unspecified atom stereocenters. The van der Waals surface area contributed by atoms with Crippen LogP contribution in [0.25, 0.3) is 0 Å². The minimum absolute atomic E-state index is 0.0232. The molecule has 1 atom stereocenters. The number of rotatable bonds is 4. The summed E-state index contributed by atoms with van der Waals surface area (Å²) in [5, 5.41) is 16.2. The molecule has 0 saturated heterocycles. The Bertz CT molecular complexity index is 507. The molecule has 17 heavy (non-hydrogen) atoms. The SMILES string of the molecule is C[C@H](Cc1ccccc1)n1cc(C(=O)O)nn1. The van der Waals surface area contributed by atoms with E-state index in [0.29, 0.717) is 0 Å². The summed E-state index contributed by atoms with van der Waals surface area (Å²) in [4.78, 5) is 10.7. The smallest absolute Gasteiger partial charge is 0.358 e. The number of aromatic nitrogens is 3. The summed E-state index contributed by atoms with van der Waals surface area (Å²) in [5.41, 5.74) is 1.16. The summed E-state index contributed by atoms with van der Waals surface area (Å²) < 4.78 is 1.58. The standard InChI is InChI=1S/C12H13N3O2/c1-9(7-10-5-3-2-4-6-10)15-8-11(12(16)17)13-14-15/h2-6,8-9H,7H2,1H3,(H,16,17)/t9-/m1/s1. The second-order valence-electron chi connectivity index (χ2n) is 3.93. The number of nitrogens with zero attached hydrogens (tertiary/aromatic N) is 3. The van der Waals surface area contributed by atoms with Crippen LogP contribution in [0.1, 0.15) is 29.0 Å². The highest BCUT2D eigenvalue weighted by Gasteiger charge is 2.12. The van der Waals surface area contributed by atoms with Crippen molar-refractivity contribution in [3.63, 3.8) is 0 Å². The van der Waals surface area contributed by atoms with Crippen molar-refractivity contribution in [3.05, 3.63) is 47.8 Å². The Labute approximate surface area is 98.7 Å². The van der Waals surface area contributed by atoms with E-state index in [1.165, 1.54) is 11.8 Å². The highest BCUT2D eigenvalue weighted by Crippen LogP contribution is 2.12. The molecule has 2 rings (SSSR count). The van der Waals surface area contributed by atoms with Gasteiger partial charge >= 0.3 is 5.97 Å². The zero-order valence-electron chi connectivity index (χ0n) is 9.45. The van der Waals surface area contributed by atoms with Gasteiger partial charge in [0.25, 0.3) is 0 Å². The molecular formula is C12H13N3O2. The number of aromatic carboxylic acids is 1. The molecule has 0 radical (unpaired) electrons. The van der Waals surface area contributed by atoms with Gasteiger partial charge in [-0.15, -0.1) is 5.10 Å². The van der Waals surface area contributed by atoms with Crippen molar-refractivity contribution in [2.75, 3.05) is 0 Å². The molecule has 0 aliphatic rings. The fourth-order valence-corrected chi connectivity index (χ4v) is 1.64. The molecule has 0 aliphatic carbocycles. The van der Waals surface area contributed by atoms with Crippen LogP contribution < -0.4 is 0 Å². The normalized spacial score (nSPS) is 12.3. The van der Waals surface area contributed by atoms with E-state index in [9.17, 15) is 4.79 Å². The van der Waals surface area contributed by atoms with E-state index in [-0.39, 0.29) is 11.7 Å². The molecule has 0 fully saturated rings. The van der Waals surface area contributed by atoms with Crippen LogP contribution in [-0.2, 0) is 6.42 Å². The van der Waals surface area contributed by atoms with Gasteiger partial charge in [0.2, 0.25) is 0 Å². The van der Waals surface area contributed by atoms with Gasteiger partial charge < -0.3 is 5.11 Å². The van der Waals surface area contributed by atoms with E-state index in [1.54, 1.807) is 4.68 Å². The molecule has 0 amide bonds. The Morgan fingerprint density at radius 2 is 2.12 bits per heavy atom. The van der Waals surface area contributed by atoms with Crippen LogP contribution in [0.3, 0.4) is 0 Å². The maximum absolute atomic E-state index is 10.7. The van der Waals surface area contributed by atoms with Crippen molar-refractivity contribution in [1.29, 1.82) is 0 Å². The Morgan fingerprint density at radius 1 is 1.41 bits per heavy atom. The number of carbonyl (C=O) groups is 1. The number of benzene rings is 1. The number of carboxylic acids is 1. The van der Waals surface area contributed by atoms with Crippen LogP contribution in [0.5, 0.6) is 0 Å². The van der Waals surface area contributed by atoms with Crippen molar-refractivity contribution in [2.45, 2.75) is 19.4 Å².